The molecular weight excluding hydrogens is 238 g/mol. The van der Waals surface area contributed by atoms with Crippen molar-refractivity contribution in [1.82, 2.24) is 0 Å². The molecule has 1 aliphatic rings. The summed E-state index contributed by atoms with van der Waals surface area (Å²) in [7, 11) is 0. The number of esters is 1. The Morgan fingerprint density at radius 3 is 2.61 bits per heavy atom. The molecule has 0 aromatic heterocycles. The van der Waals surface area contributed by atoms with E-state index in [4.69, 9.17) is 9.47 Å². The van der Waals surface area contributed by atoms with Gasteiger partial charge in [0, 0.05) is 18.6 Å². The Labute approximate surface area is 104 Å². The second-order valence-corrected chi connectivity index (χ2v) is 4.01. The van der Waals surface area contributed by atoms with Crippen molar-refractivity contribution in [3.05, 3.63) is 39.9 Å². The number of carbonyl (C=O) groups excluding carboxylic acids is 1. The molecule has 1 saturated heterocycles. The van der Waals surface area contributed by atoms with E-state index in [1.54, 1.807) is 0 Å². The molecule has 0 aliphatic carbocycles. The highest BCUT2D eigenvalue weighted by atomic mass is 16.7. The molecule has 18 heavy (non-hydrogen) atoms. The molecule has 1 heterocycles. The zero-order valence-electron chi connectivity index (χ0n) is 9.70. The van der Waals surface area contributed by atoms with Gasteiger partial charge in [0.1, 0.15) is 0 Å². The van der Waals surface area contributed by atoms with Crippen LogP contribution < -0.4 is 0 Å². The van der Waals surface area contributed by atoms with Crippen LogP contribution in [0.15, 0.2) is 24.3 Å². The van der Waals surface area contributed by atoms with E-state index in [0.29, 0.717) is 13.0 Å². The molecule has 1 aliphatic heterocycles. The maximum absolute atomic E-state index is 11.7. The number of nitro groups is 1. The van der Waals surface area contributed by atoms with Crippen molar-refractivity contribution >= 4 is 11.7 Å². The number of hydrogen-bond donors (Lipinski definition) is 0. The second-order valence-electron chi connectivity index (χ2n) is 4.01. The first-order valence-corrected chi connectivity index (χ1v) is 5.74. The third kappa shape index (κ3) is 3.04. The van der Waals surface area contributed by atoms with Gasteiger partial charge in [-0.1, -0.05) is 0 Å². The van der Waals surface area contributed by atoms with Crippen molar-refractivity contribution in [1.29, 1.82) is 0 Å². The van der Waals surface area contributed by atoms with Gasteiger partial charge in [-0.05, 0) is 25.0 Å². The van der Waals surface area contributed by atoms with Crippen LogP contribution >= 0.6 is 0 Å². The first-order chi connectivity index (χ1) is 8.66. The minimum Gasteiger partial charge on any atom is -0.432 e. The van der Waals surface area contributed by atoms with Crippen molar-refractivity contribution in [2.75, 3.05) is 6.61 Å². The highest BCUT2D eigenvalue weighted by Gasteiger charge is 2.19. The topological polar surface area (TPSA) is 78.7 Å². The molecule has 0 spiro atoms. The number of rotatable bonds is 3. The Morgan fingerprint density at radius 2 is 2.06 bits per heavy atom. The summed E-state index contributed by atoms with van der Waals surface area (Å²) in [4.78, 5) is 21.7. The molecular formula is C12H13NO5. The van der Waals surface area contributed by atoms with Gasteiger partial charge in [0.05, 0.1) is 17.1 Å². The van der Waals surface area contributed by atoms with Gasteiger partial charge in [0.25, 0.3) is 5.69 Å². The fourth-order valence-corrected chi connectivity index (χ4v) is 1.71. The number of non-ortho nitro benzene ring substituents is 1. The summed E-state index contributed by atoms with van der Waals surface area (Å²) < 4.78 is 10.4. The lowest BCUT2D eigenvalue weighted by molar-refractivity contribution is -0.384. The van der Waals surface area contributed by atoms with Crippen LogP contribution in [0, 0.1) is 10.1 Å². The van der Waals surface area contributed by atoms with Crippen LogP contribution in [0.1, 0.15) is 29.6 Å². The first-order valence-electron chi connectivity index (χ1n) is 5.74. The molecule has 0 N–H and O–H groups in total. The van der Waals surface area contributed by atoms with E-state index in [1.165, 1.54) is 24.3 Å². The molecule has 1 fully saturated rings. The predicted molar refractivity (Wildman–Crippen MR) is 62.1 cm³/mol. The fourth-order valence-electron chi connectivity index (χ4n) is 1.71. The van der Waals surface area contributed by atoms with E-state index in [0.717, 1.165) is 12.8 Å². The van der Waals surface area contributed by atoms with E-state index in [2.05, 4.69) is 0 Å². The van der Waals surface area contributed by atoms with Crippen LogP contribution in [0.3, 0.4) is 0 Å². The maximum Gasteiger partial charge on any atom is 0.340 e. The summed E-state index contributed by atoms with van der Waals surface area (Å²) in [5, 5.41) is 10.5. The van der Waals surface area contributed by atoms with Crippen molar-refractivity contribution in [2.45, 2.75) is 25.6 Å². The minimum atomic E-state index is -0.517. The Hall–Kier alpha value is -1.95. The molecule has 1 atom stereocenters. The summed E-state index contributed by atoms with van der Waals surface area (Å²) in [6.45, 7) is 0.595. The Bertz CT molecular complexity index is 436. The van der Waals surface area contributed by atoms with Crippen LogP contribution in [-0.2, 0) is 9.47 Å². The first kappa shape index (κ1) is 12.5. The van der Waals surface area contributed by atoms with E-state index < -0.39 is 17.2 Å². The van der Waals surface area contributed by atoms with E-state index in [9.17, 15) is 14.9 Å². The number of benzene rings is 1. The smallest absolute Gasteiger partial charge is 0.340 e. The van der Waals surface area contributed by atoms with Crippen LogP contribution in [-0.4, -0.2) is 23.8 Å². The standard InChI is InChI=1S/C12H13NO5/c14-12(18-11-3-1-2-8-17-11)9-4-6-10(7-5-9)13(15)16/h4-7,11H,1-3,8H2. The molecule has 96 valence electrons. The van der Waals surface area contributed by atoms with Crippen LogP contribution in [0.25, 0.3) is 0 Å². The Morgan fingerprint density at radius 1 is 1.33 bits per heavy atom. The lowest BCUT2D eigenvalue weighted by atomic mass is 10.2. The second kappa shape index (κ2) is 5.59. The van der Waals surface area contributed by atoms with Gasteiger partial charge >= 0.3 is 5.97 Å². The van der Waals surface area contributed by atoms with Gasteiger partial charge in [-0.25, -0.2) is 4.79 Å². The third-order valence-corrected chi connectivity index (χ3v) is 2.69. The van der Waals surface area contributed by atoms with E-state index >= 15 is 0 Å². The van der Waals surface area contributed by atoms with E-state index in [-0.39, 0.29) is 11.3 Å². The Kier molecular flexibility index (Phi) is 3.88. The summed E-state index contributed by atoms with van der Waals surface area (Å²) in [5.41, 5.74) is 0.232. The highest BCUT2D eigenvalue weighted by molar-refractivity contribution is 5.89. The van der Waals surface area contributed by atoms with Gasteiger partial charge in [-0.2, -0.15) is 0 Å². The molecule has 2 rings (SSSR count). The lowest BCUT2D eigenvalue weighted by Gasteiger charge is -2.22. The molecule has 0 amide bonds. The van der Waals surface area contributed by atoms with Gasteiger partial charge < -0.3 is 9.47 Å². The number of nitro benzene ring substituents is 1. The van der Waals surface area contributed by atoms with Gasteiger partial charge in [0.2, 0.25) is 6.29 Å². The van der Waals surface area contributed by atoms with Crippen LogP contribution in [0.5, 0.6) is 0 Å². The monoisotopic (exact) mass is 251 g/mol. The molecule has 0 bridgehead atoms. The average molecular weight is 251 g/mol. The number of carbonyl (C=O) groups is 1. The molecule has 1 aromatic rings. The summed E-state index contributed by atoms with van der Waals surface area (Å²) >= 11 is 0. The predicted octanol–water partition coefficient (Wildman–Crippen LogP) is 2.28. The normalized spacial score (nSPS) is 19.2. The summed E-state index contributed by atoms with van der Waals surface area (Å²) in [5.74, 6) is -0.517. The molecule has 0 radical (unpaired) electrons. The maximum atomic E-state index is 11.7. The largest absolute Gasteiger partial charge is 0.432 e. The molecule has 0 saturated carbocycles. The van der Waals surface area contributed by atoms with Crippen molar-refractivity contribution in [2.24, 2.45) is 0 Å². The number of nitrogens with zero attached hydrogens (tertiary/aromatic N) is 1. The van der Waals surface area contributed by atoms with Crippen LogP contribution in [0.4, 0.5) is 5.69 Å². The van der Waals surface area contributed by atoms with Crippen LogP contribution in [0.2, 0.25) is 0 Å². The quantitative estimate of drug-likeness (QED) is 0.467. The number of hydrogen-bond acceptors (Lipinski definition) is 5. The number of ether oxygens (including phenoxy) is 2. The van der Waals surface area contributed by atoms with E-state index in [1.807, 2.05) is 0 Å². The third-order valence-electron chi connectivity index (χ3n) is 2.69. The van der Waals surface area contributed by atoms with Gasteiger partial charge in [0.15, 0.2) is 0 Å². The zero-order chi connectivity index (χ0) is 13.0. The minimum absolute atomic E-state index is 0.0551. The van der Waals surface area contributed by atoms with Crippen molar-refractivity contribution < 1.29 is 19.2 Å². The SMILES string of the molecule is O=C(OC1CCCCO1)c1ccc([N+](=O)[O-])cc1. The van der Waals surface area contributed by atoms with Gasteiger partial charge in [-0.3, -0.25) is 10.1 Å². The molecule has 1 aromatic carbocycles. The summed E-state index contributed by atoms with van der Waals surface area (Å²) in [6.07, 6.45) is 2.14. The van der Waals surface area contributed by atoms with Gasteiger partial charge in [-0.15, -0.1) is 0 Å². The fraction of sp³-hybridized carbons (Fsp3) is 0.417. The zero-order valence-corrected chi connectivity index (χ0v) is 9.70. The lowest BCUT2D eigenvalue weighted by Crippen LogP contribution is -2.25. The summed E-state index contributed by atoms with van der Waals surface area (Å²) in [6, 6.07) is 5.31. The molecule has 6 heteroatoms. The van der Waals surface area contributed by atoms with Crippen molar-refractivity contribution in [3.63, 3.8) is 0 Å². The molecule has 6 nitrogen and oxygen atoms in total. The average Bonchev–Trinajstić information content (AvgIpc) is 2.40. The van der Waals surface area contributed by atoms with Crippen molar-refractivity contribution in [3.8, 4) is 0 Å². The Balaban J connectivity index is 1.97. The highest BCUT2D eigenvalue weighted by Crippen LogP contribution is 2.17. The molecule has 1 unspecified atom stereocenters.